The molecule has 0 saturated carbocycles. The third kappa shape index (κ3) is 2.66. The Morgan fingerprint density at radius 2 is 2.30 bits per heavy atom. The molecule has 1 fully saturated rings. The molecule has 0 radical (unpaired) electrons. The largest absolute Gasteiger partial charge is 0.493 e. The molecule has 1 aromatic rings. The summed E-state index contributed by atoms with van der Waals surface area (Å²) in [5.74, 6) is 7.19. The zero-order chi connectivity index (χ0) is 14.1. The predicted octanol–water partition coefficient (Wildman–Crippen LogP) is 2.07. The number of hydrogen-bond acceptors (Lipinski definition) is 4. The SMILES string of the molecule is CC1OCCC1C(Cc1cc(Cl)cc2c1OCC2)NN. The number of hydrazine groups is 1. The molecule has 3 N–H and O–H groups in total. The number of benzene rings is 1. The van der Waals surface area contributed by atoms with Crippen LogP contribution in [0.3, 0.4) is 0 Å². The van der Waals surface area contributed by atoms with Gasteiger partial charge in [0, 0.05) is 30.0 Å². The summed E-state index contributed by atoms with van der Waals surface area (Å²) >= 11 is 6.21. The van der Waals surface area contributed by atoms with Gasteiger partial charge in [-0.3, -0.25) is 11.3 Å². The highest BCUT2D eigenvalue weighted by Gasteiger charge is 2.32. The van der Waals surface area contributed by atoms with Crippen LogP contribution in [0.1, 0.15) is 24.5 Å². The van der Waals surface area contributed by atoms with E-state index in [0.717, 1.165) is 48.8 Å². The maximum atomic E-state index is 6.21. The average Bonchev–Trinajstić information content (AvgIpc) is 3.04. The van der Waals surface area contributed by atoms with Gasteiger partial charge in [-0.15, -0.1) is 0 Å². The van der Waals surface area contributed by atoms with E-state index in [-0.39, 0.29) is 12.1 Å². The summed E-state index contributed by atoms with van der Waals surface area (Å²) in [7, 11) is 0. The van der Waals surface area contributed by atoms with Gasteiger partial charge in [0.25, 0.3) is 0 Å². The van der Waals surface area contributed by atoms with Gasteiger partial charge in [0.05, 0.1) is 12.7 Å². The topological polar surface area (TPSA) is 56.5 Å². The first kappa shape index (κ1) is 14.1. The molecule has 20 heavy (non-hydrogen) atoms. The van der Waals surface area contributed by atoms with Crippen LogP contribution in [0.15, 0.2) is 12.1 Å². The van der Waals surface area contributed by atoms with Gasteiger partial charge in [0.15, 0.2) is 0 Å². The Balaban J connectivity index is 1.82. The van der Waals surface area contributed by atoms with Gasteiger partial charge in [0.1, 0.15) is 5.75 Å². The molecule has 2 aliphatic heterocycles. The van der Waals surface area contributed by atoms with Gasteiger partial charge in [-0.25, -0.2) is 0 Å². The average molecular weight is 297 g/mol. The zero-order valence-corrected chi connectivity index (χ0v) is 12.5. The van der Waals surface area contributed by atoms with E-state index in [1.165, 1.54) is 5.56 Å². The maximum Gasteiger partial charge on any atom is 0.125 e. The molecule has 0 aliphatic carbocycles. The van der Waals surface area contributed by atoms with Crippen molar-refractivity contribution in [2.24, 2.45) is 11.8 Å². The van der Waals surface area contributed by atoms with Crippen LogP contribution < -0.4 is 16.0 Å². The summed E-state index contributed by atoms with van der Waals surface area (Å²) in [5, 5.41) is 0.774. The number of nitrogens with two attached hydrogens (primary N) is 1. The third-order valence-electron chi connectivity index (χ3n) is 4.43. The molecule has 0 spiro atoms. The quantitative estimate of drug-likeness (QED) is 0.660. The fourth-order valence-corrected chi connectivity index (χ4v) is 3.61. The molecule has 2 heterocycles. The molecule has 2 aliphatic rings. The van der Waals surface area contributed by atoms with Crippen molar-refractivity contribution < 1.29 is 9.47 Å². The standard InChI is InChI=1S/C15H21ClN2O2/c1-9-13(3-5-19-9)14(18-17)8-11-7-12(16)6-10-2-4-20-15(10)11/h6-7,9,13-14,18H,2-5,8,17H2,1H3. The van der Waals surface area contributed by atoms with E-state index in [1.807, 2.05) is 12.1 Å². The summed E-state index contributed by atoms with van der Waals surface area (Å²) in [6, 6.07) is 4.18. The third-order valence-corrected chi connectivity index (χ3v) is 4.65. The second-order valence-electron chi connectivity index (χ2n) is 5.66. The Morgan fingerprint density at radius 3 is 3.00 bits per heavy atom. The highest BCUT2D eigenvalue weighted by molar-refractivity contribution is 6.30. The highest BCUT2D eigenvalue weighted by atomic mass is 35.5. The van der Waals surface area contributed by atoms with Crippen molar-refractivity contribution in [1.82, 2.24) is 5.43 Å². The number of fused-ring (bicyclic) bond motifs is 1. The van der Waals surface area contributed by atoms with Gasteiger partial charge in [0.2, 0.25) is 0 Å². The molecule has 0 bridgehead atoms. The first-order valence-corrected chi connectivity index (χ1v) is 7.58. The number of hydrogen-bond donors (Lipinski definition) is 2. The number of halogens is 1. The number of ether oxygens (including phenoxy) is 2. The van der Waals surface area contributed by atoms with Crippen molar-refractivity contribution in [1.29, 1.82) is 0 Å². The second-order valence-corrected chi connectivity index (χ2v) is 6.09. The molecule has 3 atom stereocenters. The maximum absolute atomic E-state index is 6.21. The van der Waals surface area contributed by atoms with E-state index in [1.54, 1.807) is 0 Å². The van der Waals surface area contributed by atoms with Crippen molar-refractivity contribution in [3.63, 3.8) is 0 Å². The highest BCUT2D eigenvalue weighted by Crippen LogP contribution is 2.35. The molecule has 3 unspecified atom stereocenters. The van der Waals surface area contributed by atoms with Crippen molar-refractivity contribution in [2.45, 2.75) is 38.3 Å². The minimum absolute atomic E-state index is 0.180. The number of rotatable bonds is 4. The molecule has 0 aromatic heterocycles. The molecular formula is C15H21ClN2O2. The van der Waals surface area contributed by atoms with Crippen molar-refractivity contribution >= 4 is 11.6 Å². The van der Waals surface area contributed by atoms with E-state index < -0.39 is 0 Å². The van der Waals surface area contributed by atoms with E-state index in [9.17, 15) is 0 Å². The van der Waals surface area contributed by atoms with Gasteiger partial charge >= 0.3 is 0 Å². The summed E-state index contributed by atoms with van der Waals surface area (Å²) in [5.41, 5.74) is 5.31. The van der Waals surface area contributed by atoms with Crippen molar-refractivity contribution in [3.05, 3.63) is 28.3 Å². The van der Waals surface area contributed by atoms with Gasteiger partial charge in [-0.1, -0.05) is 11.6 Å². The lowest BCUT2D eigenvalue weighted by Crippen LogP contribution is -2.44. The Hall–Kier alpha value is -0.810. The summed E-state index contributed by atoms with van der Waals surface area (Å²) in [6.45, 7) is 3.67. The molecule has 1 saturated heterocycles. The van der Waals surface area contributed by atoms with Crippen molar-refractivity contribution in [2.75, 3.05) is 13.2 Å². The Morgan fingerprint density at radius 1 is 1.45 bits per heavy atom. The van der Waals surface area contributed by atoms with Gasteiger partial charge < -0.3 is 9.47 Å². The summed E-state index contributed by atoms with van der Waals surface area (Å²) in [4.78, 5) is 0. The lowest BCUT2D eigenvalue weighted by atomic mass is 9.88. The molecular weight excluding hydrogens is 276 g/mol. The lowest BCUT2D eigenvalue weighted by Gasteiger charge is -2.25. The molecule has 0 amide bonds. The molecule has 3 rings (SSSR count). The normalized spacial score (nSPS) is 26.4. The predicted molar refractivity (Wildman–Crippen MR) is 79.0 cm³/mol. The van der Waals surface area contributed by atoms with E-state index in [2.05, 4.69) is 12.3 Å². The van der Waals surface area contributed by atoms with Crippen LogP contribution in [0, 0.1) is 5.92 Å². The van der Waals surface area contributed by atoms with Crippen LogP contribution in [-0.4, -0.2) is 25.4 Å². The fourth-order valence-electron chi connectivity index (χ4n) is 3.35. The van der Waals surface area contributed by atoms with E-state index >= 15 is 0 Å². The first-order chi connectivity index (χ1) is 9.69. The Bertz CT molecular complexity index is 495. The first-order valence-electron chi connectivity index (χ1n) is 7.21. The zero-order valence-electron chi connectivity index (χ0n) is 11.7. The van der Waals surface area contributed by atoms with Crippen LogP contribution in [0.2, 0.25) is 5.02 Å². The molecule has 5 heteroatoms. The minimum Gasteiger partial charge on any atom is -0.493 e. The Kier molecular flexibility index (Phi) is 4.17. The summed E-state index contributed by atoms with van der Waals surface area (Å²) < 4.78 is 11.4. The summed E-state index contributed by atoms with van der Waals surface area (Å²) in [6.07, 6.45) is 3.04. The number of nitrogens with one attached hydrogen (secondary N) is 1. The minimum atomic E-state index is 0.180. The van der Waals surface area contributed by atoms with Crippen LogP contribution in [0.5, 0.6) is 5.75 Å². The van der Waals surface area contributed by atoms with E-state index in [0.29, 0.717) is 5.92 Å². The molecule has 110 valence electrons. The van der Waals surface area contributed by atoms with Crippen LogP contribution >= 0.6 is 11.6 Å². The smallest absolute Gasteiger partial charge is 0.125 e. The molecule has 4 nitrogen and oxygen atoms in total. The molecule has 1 aromatic carbocycles. The van der Waals surface area contributed by atoms with Gasteiger partial charge in [-0.2, -0.15) is 0 Å². The van der Waals surface area contributed by atoms with Crippen molar-refractivity contribution in [3.8, 4) is 5.75 Å². The van der Waals surface area contributed by atoms with Gasteiger partial charge in [-0.05, 0) is 43.0 Å². The monoisotopic (exact) mass is 296 g/mol. The van der Waals surface area contributed by atoms with Crippen LogP contribution in [-0.2, 0) is 17.6 Å². The fraction of sp³-hybridized carbons (Fsp3) is 0.600. The van der Waals surface area contributed by atoms with Crippen LogP contribution in [0.4, 0.5) is 0 Å². The Labute approximate surface area is 124 Å². The second kappa shape index (κ2) is 5.90. The van der Waals surface area contributed by atoms with E-state index in [4.69, 9.17) is 26.9 Å². The lowest BCUT2D eigenvalue weighted by molar-refractivity contribution is 0.0953. The van der Waals surface area contributed by atoms with Crippen LogP contribution in [0.25, 0.3) is 0 Å².